The lowest BCUT2D eigenvalue weighted by Gasteiger charge is -2.17. The maximum absolute atomic E-state index is 13.8. The van der Waals surface area contributed by atoms with E-state index < -0.39 is 17.6 Å². The normalized spacial score (nSPS) is 11.9. The average molecular weight is 446 g/mol. The third-order valence-corrected chi connectivity index (χ3v) is 5.75. The van der Waals surface area contributed by atoms with Crippen molar-refractivity contribution in [2.24, 2.45) is 5.73 Å². The molecule has 0 spiro atoms. The van der Waals surface area contributed by atoms with Gasteiger partial charge >= 0.3 is 6.18 Å². The van der Waals surface area contributed by atoms with Crippen molar-refractivity contribution < 1.29 is 18.0 Å². The van der Waals surface area contributed by atoms with Crippen LogP contribution in [0.15, 0.2) is 67.1 Å². The summed E-state index contributed by atoms with van der Waals surface area (Å²) in [5.74, 6) is -0.918. The molecule has 1 amide bonds. The molecule has 0 aliphatic heterocycles. The van der Waals surface area contributed by atoms with E-state index in [4.69, 9.17) is 5.73 Å². The van der Waals surface area contributed by atoms with Gasteiger partial charge in [0, 0.05) is 33.6 Å². The Bertz CT molecular complexity index is 1550. The first-order valence-electron chi connectivity index (χ1n) is 10.1. The topological polar surface area (TPSA) is 84.7 Å². The van der Waals surface area contributed by atoms with Crippen molar-refractivity contribution >= 4 is 27.8 Å². The summed E-state index contributed by atoms with van der Waals surface area (Å²) < 4.78 is 41.4. The fourth-order valence-corrected chi connectivity index (χ4v) is 4.20. The van der Waals surface area contributed by atoms with Crippen LogP contribution in [-0.4, -0.2) is 20.9 Å². The molecule has 164 valence electrons. The molecule has 3 aromatic carbocycles. The number of benzene rings is 3. The number of alkyl halides is 3. The zero-order chi connectivity index (χ0) is 23.3. The number of amides is 1. The Morgan fingerprint density at radius 3 is 2.55 bits per heavy atom. The Hall–Kier alpha value is -4.20. The fraction of sp³-hybridized carbons (Fsp3) is 0.0800. The highest BCUT2D eigenvalue weighted by Gasteiger charge is 2.35. The summed E-state index contributed by atoms with van der Waals surface area (Å²) in [6.07, 6.45) is -1.46. The Morgan fingerprint density at radius 2 is 1.79 bits per heavy atom. The lowest BCUT2D eigenvalue weighted by atomic mass is 9.89. The van der Waals surface area contributed by atoms with Gasteiger partial charge in [0.25, 0.3) is 0 Å². The van der Waals surface area contributed by atoms with Crippen LogP contribution in [0.4, 0.5) is 13.2 Å². The maximum atomic E-state index is 13.8. The molecule has 0 saturated carbocycles. The smallest absolute Gasteiger partial charge is 0.366 e. The number of hydrogen-bond acceptors (Lipinski definition) is 3. The highest BCUT2D eigenvalue weighted by molar-refractivity contribution is 6.06. The molecule has 0 atom stereocenters. The van der Waals surface area contributed by atoms with Gasteiger partial charge in [-0.3, -0.25) is 4.79 Å². The van der Waals surface area contributed by atoms with Gasteiger partial charge in [-0.25, -0.2) is 9.97 Å². The van der Waals surface area contributed by atoms with E-state index in [2.05, 4.69) is 15.0 Å². The number of nitrogens with two attached hydrogens (primary N) is 1. The second-order valence-corrected chi connectivity index (χ2v) is 7.79. The van der Waals surface area contributed by atoms with Gasteiger partial charge in [-0.2, -0.15) is 13.2 Å². The lowest BCUT2D eigenvalue weighted by molar-refractivity contribution is -0.137. The van der Waals surface area contributed by atoms with Crippen molar-refractivity contribution in [2.75, 3.05) is 0 Å². The van der Waals surface area contributed by atoms with Gasteiger partial charge in [0.15, 0.2) is 0 Å². The van der Waals surface area contributed by atoms with Crippen LogP contribution in [-0.2, 0) is 6.18 Å². The van der Waals surface area contributed by atoms with Crippen molar-refractivity contribution in [1.82, 2.24) is 15.0 Å². The molecular formula is C25H17F3N4O. The fourth-order valence-electron chi connectivity index (χ4n) is 4.20. The number of carbonyl (C=O) groups excluding carboxylic acids is 1. The summed E-state index contributed by atoms with van der Waals surface area (Å²) in [7, 11) is 0. The first-order chi connectivity index (χ1) is 15.7. The maximum Gasteiger partial charge on any atom is 0.417 e. The number of aryl methyl sites for hydroxylation is 1. The van der Waals surface area contributed by atoms with E-state index >= 15 is 0 Å². The van der Waals surface area contributed by atoms with Crippen LogP contribution in [0.2, 0.25) is 0 Å². The summed E-state index contributed by atoms with van der Waals surface area (Å²) in [6.45, 7) is 1.88. The van der Waals surface area contributed by atoms with E-state index in [-0.39, 0.29) is 16.7 Å². The first kappa shape index (κ1) is 20.7. The molecule has 2 aromatic heterocycles. The van der Waals surface area contributed by atoms with E-state index in [0.717, 1.165) is 39.0 Å². The van der Waals surface area contributed by atoms with Crippen LogP contribution in [0, 0.1) is 6.92 Å². The third-order valence-electron chi connectivity index (χ3n) is 5.75. The molecular weight excluding hydrogens is 429 g/mol. The molecule has 5 aromatic rings. The highest BCUT2D eigenvalue weighted by atomic mass is 19.4. The monoisotopic (exact) mass is 446 g/mol. The van der Waals surface area contributed by atoms with E-state index in [1.807, 2.05) is 25.1 Å². The molecule has 5 nitrogen and oxygen atoms in total. The van der Waals surface area contributed by atoms with Crippen LogP contribution in [0.1, 0.15) is 21.5 Å². The molecule has 0 unspecified atom stereocenters. The number of aromatic amines is 1. The van der Waals surface area contributed by atoms with Crippen molar-refractivity contribution in [2.45, 2.75) is 13.1 Å². The first-order valence-corrected chi connectivity index (χ1v) is 10.1. The SMILES string of the molecule is Cc1ccc(-c2c(C(N)=O)cccc2C(F)(F)F)cc1-c1ccc2c(c1)[nH]c1ncncc12. The number of primary amides is 1. The largest absolute Gasteiger partial charge is 0.417 e. The molecule has 3 N–H and O–H groups in total. The van der Waals surface area contributed by atoms with Crippen molar-refractivity contribution in [1.29, 1.82) is 0 Å². The summed E-state index contributed by atoms with van der Waals surface area (Å²) in [5, 5.41) is 1.83. The van der Waals surface area contributed by atoms with Gasteiger partial charge < -0.3 is 10.7 Å². The van der Waals surface area contributed by atoms with Gasteiger partial charge in [-0.1, -0.05) is 30.3 Å². The third kappa shape index (κ3) is 3.49. The van der Waals surface area contributed by atoms with Gasteiger partial charge in [0.1, 0.15) is 12.0 Å². The second-order valence-electron chi connectivity index (χ2n) is 7.79. The van der Waals surface area contributed by atoms with E-state index in [9.17, 15) is 18.0 Å². The van der Waals surface area contributed by atoms with Crippen LogP contribution >= 0.6 is 0 Å². The quantitative estimate of drug-likeness (QED) is 0.363. The van der Waals surface area contributed by atoms with Gasteiger partial charge in [0.05, 0.1) is 5.56 Å². The number of fused-ring (bicyclic) bond motifs is 3. The molecule has 8 heteroatoms. The van der Waals surface area contributed by atoms with Crippen LogP contribution in [0.3, 0.4) is 0 Å². The molecule has 33 heavy (non-hydrogen) atoms. The number of hydrogen-bond donors (Lipinski definition) is 2. The molecule has 5 rings (SSSR count). The molecule has 0 fully saturated rings. The Labute approximate surface area is 186 Å². The molecule has 2 heterocycles. The molecule has 0 radical (unpaired) electrons. The van der Waals surface area contributed by atoms with Crippen LogP contribution in [0.5, 0.6) is 0 Å². The predicted octanol–water partition coefficient (Wildman–Crippen LogP) is 5.87. The van der Waals surface area contributed by atoms with Crippen molar-refractivity contribution in [3.05, 3.63) is 83.8 Å². The minimum Gasteiger partial charge on any atom is -0.366 e. The summed E-state index contributed by atoms with van der Waals surface area (Å²) in [6, 6.07) is 14.2. The standard InChI is InChI=1S/C25H17F3N4O/c1-13-5-6-15(22-17(23(29)33)3-2-4-20(22)25(26,27)28)9-18(13)14-7-8-16-19-11-30-12-31-24(19)32-21(16)10-14/h2-12H,1H3,(H2,29,33)(H,30,31,32). The number of nitrogens with zero attached hydrogens (tertiary/aromatic N) is 2. The van der Waals surface area contributed by atoms with Crippen molar-refractivity contribution in [3.63, 3.8) is 0 Å². The number of rotatable bonds is 3. The molecule has 0 bridgehead atoms. The van der Waals surface area contributed by atoms with Gasteiger partial charge in [-0.15, -0.1) is 0 Å². The minimum atomic E-state index is -4.64. The molecule has 0 saturated heterocycles. The minimum absolute atomic E-state index is 0.177. The lowest BCUT2D eigenvalue weighted by Crippen LogP contribution is -2.16. The zero-order valence-corrected chi connectivity index (χ0v) is 17.4. The molecule has 0 aliphatic carbocycles. The Morgan fingerprint density at radius 1 is 1.00 bits per heavy atom. The number of nitrogens with one attached hydrogen (secondary N) is 1. The number of aromatic nitrogens is 3. The van der Waals surface area contributed by atoms with Gasteiger partial charge in [0.2, 0.25) is 5.91 Å². The highest BCUT2D eigenvalue weighted by Crippen LogP contribution is 2.41. The van der Waals surface area contributed by atoms with E-state index in [0.29, 0.717) is 5.65 Å². The second kappa shape index (κ2) is 7.44. The Kier molecular flexibility index (Phi) is 4.67. The van der Waals surface area contributed by atoms with E-state index in [1.165, 1.54) is 18.5 Å². The van der Waals surface area contributed by atoms with E-state index in [1.54, 1.807) is 24.4 Å². The number of halogens is 3. The predicted molar refractivity (Wildman–Crippen MR) is 121 cm³/mol. The van der Waals surface area contributed by atoms with Gasteiger partial charge in [-0.05, 0) is 53.4 Å². The molecule has 0 aliphatic rings. The van der Waals surface area contributed by atoms with Crippen LogP contribution in [0.25, 0.3) is 44.2 Å². The summed E-state index contributed by atoms with van der Waals surface area (Å²) in [4.78, 5) is 23.5. The average Bonchev–Trinajstić information content (AvgIpc) is 3.16. The summed E-state index contributed by atoms with van der Waals surface area (Å²) >= 11 is 0. The van der Waals surface area contributed by atoms with Crippen LogP contribution < -0.4 is 5.73 Å². The van der Waals surface area contributed by atoms with Crippen molar-refractivity contribution in [3.8, 4) is 22.3 Å². The zero-order valence-electron chi connectivity index (χ0n) is 17.4. The summed E-state index contributed by atoms with van der Waals surface area (Å²) in [5.41, 5.74) is 8.35. The number of H-pyrrole nitrogens is 1. The number of carbonyl (C=O) groups is 1. The Balaban J connectivity index is 1.72.